The van der Waals surface area contributed by atoms with E-state index in [9.17, 15) is 8.42 Å². The van der Waals surface area contributed by atoms with Gasteiger partial charge in [0.25, 0.3) is 0 Å². The molecule has 0 bridgehead atoms. The maximum Gasteiger partial charge on any atom is 0.243 e. The van der Waals surface area contributed by atoms with Crippen molar-refractivity contribution in [3.8, 4) is 0 Å². The molecule has 0 aromatic carbocycles. The summed E-state index contributed by atoms with van der Waals surface area (Å²) in [6, 6.07) is 2.22. The second kappa shape index (κ2) is 6.77. The van der Waals surface area contributed by atoms with Crippen molar-refractivity contribution in [1.29, 1.82) is 0 Å². The lowest BCUT2D eigenvalue weighted by Gasteiger charge is -2.17. The minimum atomic E-state index is -3.31. The molecule has 0 saturated carbocycles. The van der Waals surface area contributed by atoms with E-state index in [4.69, 9.17) is 0 Å². The van der Waals surface area contributed by atoms with Gasteiger partial charge in [-0.1, -0.05) is 27.7 Å². The maximum absolute atomic E-state index is 12.7. The van der Waals surface area contributed by atoms with Gasteiger partial charge in [0, 0.05) is 35.9 Å². The zero-order valence-corrected chi connectivity index (χ0v) is 14.9. The van der Waals surface area contributed by atoms with Crippen LogP contribution in [-0.2, 0) is 16.6 Å². The number of hydrogen-bond donors (Lipinski definition) is 1. The molecule has 120 valence electrons. The molecule has 1 saturated heterocycles. The van der Waals surface area contributed by atoms with Crippen LogP contribution < -0.4 is 5.32 Å². The topological polar surface area (TPSA) is 49.4 Å². The van der Waals surface area contributed by atoms with E-state index < -0.39 is 10.0 Å². The number of nitrogens with one attached hydrogen (secondary N) is 1. The lowest BCUT2D eigenvalue weighted by atomic mass is 9.96. The average Bonchev–Trinajstić information content (AvgIpc) is 3.06. The van der Waals surface area contributed by atoms with Gasteiger partial charge < -0.3 is 5.32 Å². The Labute approximate surface area is 132 Å². The van der Waals surface area contributed by atoms with Crippen LogP contribution in [0.3, 0.4) is 0 Å². The molecule has 2 rings (SSSR count). The molecule has 0 spiro atoms. The molecule has 1 aromatic heterocycles. The lowest BCUT2D eigenvalue weighted by molar-refractivity contribution is 0.388. The molecule has 1 atom stereocenters. The largest absolute Gasteiger partial charge is 0.310 e. The van der Waals surface area contributed by atoms with Crippen molar-refractivity contribution in [2.45, 2.75) is 51.6 Å². The molecule has 6 heteroatoms. The van der Waals surface area contributed by atoms with Crippen LogP contribution in [0.25, 0.3) is 0 Å². The van der Waals surface area contributed by atoms with Crippen molar-refractivity contribution in [2.75, 3.05) is 13.1 Å². The van der Waals surface area contributed by atoms with Crippen molar-refractivity contribution < 1.29 is 8.42 Å². The number of hydrogen-bond acceptors (Lipinski definition) is 4. The number of thiophene rings is 1. The first-order valence-electron chi connectivity index (χ1n) is 7.61. The Hall–Kier alpha value is -0.430. The molecule has 1 N–H and O–H groups in total. The van der Waals surface area contributed by atoms with E-state index in [-0.39, 0.29) is 0 Å². The number of nitrogens with zero attached hydrogens (tertiary/aromatic N) is 1. The highest BCUT2D eigenvalue weighted by Crippen LogP contribution is 2.30. The molecule has 21 heavy (non-hydrogen) atoms. The van der Waals surface area contributed by atoms with Crippen LogP contribution in [-0.4, -0.2) is 31.9 Å². The molecule has 0 aliphatic carbocycles. The Kier molecular flexibility index (Phi) is 5.46. The minimum absolute atomic E-state index is 0.400. The van der Waals surface area contributed by atoms with Gasteiger partial charge in [0.2, 0.25) is 10.0 Å². The first-order chi connectivity index (χ1) is 9.80. The van der Waals surface area contributed by atoms with E-state index in [2.05, 4.69) is 33.0 Å². The number of rotatable bonds is 6. The molecular formula is C15H26N2O2S2. The Balaban J connectivity index is 2.06. The van der Waals surface area contributed by atoms with Gasteiger partial charge in [-0.25, -0.2) is 8.42 Å². The van der Waals surface area contributed by atoms with Crippen LogP contribution in [0.1, 0.15) is 39.0 Å². The number of sulfonamides is 1. The second-order valence-electron chi connectivity index (χ2n) is 6.44. The van der Waals surface area contributed by atoms with Crippen LogP contribution in [0.4, 0.5) is 0 Å². The van der Waals surface area contributed by atoms with Gasteiger partial charge in [0.15, 0.2) is 0 Å². The molecule has 2 heterocycles. The van der Waals surface area contributed by atoms with Gasteiger partial charge in [-0.15, -0.1) is 11.3 Å². The van der Waals surface area contributed by atoms with Gasteiger partial charge in [0.05, 0.1) is 4.90 Å². The minimum Gasteiger partial charge on any atom is -0.310 e. The average molecular weight is 331 g/mol. The summed E-state index contributed by atoms with van der Waals surface area (Å²) in [6.45, 7) is 10.5. The van der Waals surface area contributed by atoms with Crippen molar-refractivity contribution in [3.05, 3.63) is 16.3 Å². The SMILES string of the molecule is CC(C)NCc1cc(S(=O)(=O)N2CCC(C(C)C)C2)cs1. The van der Waals surface area contributed by atoms with E-state index in [0.29, 0.717) is 35.9 Å². The van der Waals surface area contributed by atoms with Crippen LogP contribution in [0.15, 0.2) is 16.3 Å². The summed E-state index contributed by atoms with van der Waals surface area (Å²) in [7, 11) is -3.31. The van der Waals surface area contributed by atoms with Crippen molar-refractivity contribution in [2.24, 2.45) is 11.8 Å². The highest BCUT2D eigenvalue weighted by molar-refractivity contribution is 7.89. The predicted octanol–water partition coefficient (Wildman–Crippen LogP) is 2.91. The Bertz CT molecular complexity index is 564. The third-order valence-electron chi connectivity index (χ3n) is 4.08. The summed E-state index contributed by atoms with van der Waals surface area (Å²) in [5.41, 5.74) is 0. The third kappa shape index (κ3) is 4.06. The van der Waals surface area contributed by atoms with E-state index >= 15 is 0 Å². The fourth-order valence-corrected chi connectivity index (χ4v) is 5.28. The first kappa shape index (κ1) is 16.9. The molecule has 0 radical (unpaired) electrons. The summed E-state index contributed by atoms with van der Waals surface area (Å²) in [5, 5.41) is 5.09. The lowest BCUT2D eigenvalue weighted by Crippen LogP contribution is -2.29. The molecule has 4 nitrogen and oxygen atoms in total. The summed E-state index contributed by atoms with van der Waals surface area (Å²) in [4.78, 5) is 1.53. The summed E-state index contributed by atoms with van der Waals surface area (Å²) >= 11 is 1.52. The van der Waals surface area contributed by atoms with Gasteiger partial charge in [-0.05, 0) is 24.3 Å². The summed E-state index contributed by atoms with van der Waals surface area (Å²) < 4.78 is 27.0. The Morgan fingerprint density at radius 3 is 2.67 bits per heavy atom. The van der Waals surface area contributed by atoms with Crippen LogP contribution in [0, 0.1) is 11.8 Å². The van der Waals surface area contributed by atoms with Gasteiger partial charge >= 0.3 is 0 Å². The molecule has 1 fully saturated rings. The molecule has 1 aromatic rings. The zero-order chi connectivity index (χ0) is 15.6. The monoisotopic (exact) mass is 330 g/mol. The van der Waals surface area contributed by atoms with Crippen molar-refractivity contribution in [1.82, 2.24) is 9.62 Å². The quantitative estimate of drug-likeness (QED) is 0.872. The van der Waals surface area contributed by atoms with E-state index in [1.54, 1.807) is 9.69 Å². The van der Waals surface area contributed by atoms with Crippen molar-refractivity contribution >= 4 is 21.4 Å². The van der Waals surface area contributed by atoms with E-state index in [1.165, 1.54) is 11.3 Å². The molecule has 0 amide bonds. The van der Waals surface area contributed by atoms with Gasteiger partial charge in [0.1, 0.15) is 0 Å². The highest BCUT2D eigenvalue weighted by Gasteiger charge is 2.34. The maximum atomic E-state index is 12.7. The highest BCUT2D eigenvalue weighted by atomic mass is 32.2. The normalized spacial score (nSPS) is 20.8. The summed E-state index contributed by atoms with van der Waals surface area (Å²) in [5.74, 6) is 1.03. The molecule has 1 aliphatic heterocycles. The second-order valence-corrected chi connectivity index (χ2v) is 9.37. The van der Waals surface area contributed by atoms with Crippen LogP contribution in [0.5, 0.6) is 0 Å². The third-order valence-corrected chi connectivity index (χ3v) is 7.01. The molecule has 1 aliphatic rings. The summed E-state index contributed by atoms with van der Waals surface area (Å²) in [6.07, 6.45) is 0.975. The van der Waals surface area contributed by atoms with Gasteiger partial charge in [-0.2, -0.15) is 4.31 Å². The van der Waals surface area contributed by atoms with E-state index in [0.717, 1.165) is 17.8 Å². The Morgan fingerprint density at radius 2 is 2.10 bits per heavy atom. The zero-order valence-electron chi connectivity index (χ0n) is 13.3. The standard InChI is InChI=1S/C15H26N2O2S2/c1-11(2)13-5-6-17(9-13)21(18,19)15-7-14(20-10-15)8-16-12(3)4/h7,10-13,16H,5-6,8-9H2,1-4H3. The van der Waals surface area contributed by atoms with E-state index in [1.807, 2.05) is 6.07 Å². The molecule has 1 unspecified atom stereocenters. The molecular weight excluding hydrogens is 304 g/mol. The predicted molar refractivity (Wildman–Crippen MR) is 88.0 cm³/mol. The van der Waals surface area contributed by atoms with Gasteiger partial charge in [-0.3, -0.25) is 0 Å². The fraction of sp³-hybridized carbons (Fsp3) is 0.733. The fourth-order valence-electron chi connectivity index (χ4n) is 2.56. The first-order valence-corrected chi connectivity index (χ1v) is 9.93. The van der Waals surface area contributed by atoms with Crippen LogP contribution in [0.2, 0.25) is 0 Å². The van der Waals surface area contributed by atoms with Crippen molar-refractivity contribution in [3.63, 3.8) is 0 Å². The Morgan fingerprint density at radius 1 is 1.38 bits per heavy atom. The smallest absolute Gasteiger partial charge is 0.243 e. The van der Waals surface area contributed by atoms with Crippen LogP contribution >= 0.6 is 11.3 Å².